The molecule has 0 fully saturated rings. The number of amides is 1. The first-order valence-corrected chi connectivity index (χ1v) is 11.4. The highest BCUT2D eigenvalue weighted by atomic mass is 32.1. The number of fused-ring (bicyclic) bond motifs is 1. The fourth-order valence-electron chi connectivity index (χ4n) is 3.65. The van der Waals surface area contributed by atoms with Crippen LogP contribution in [0.5, 0.6) is 5.75 Å². The second kappa shape index (κ2) is 9.29. The molecule has 0 aliphatic heterocycles. The molecule has 1 amide bonds. The van der Waals surface area contributed by atoms with Gasteiger partial charge in [-0.15, -0.1) is 11.3 Å². The Kier molecular flexibility index (Phi) is 5.88. The summed E-state index contributed by atoms with van der Waals surface area (Å²) in [5.74, 6) is -0.0815. The van der Waals surface area contributed by atoms with Crippen molar-refractivity contribution in [2.75, 3.05) is 12.4 Å². The van der Waals surface area contributed by atoms with Gasteiger partial charge in [0, 0.05) is 35.5 Å². The first-order chi connectivity index (χ1) is 16.6. The summed E-state index contributed by atoms with van der Waals surface area (Å²) < 4.78 is 6.83. The van der Waals surface area contributed by atoms with Gasteiger partial charge in [-0.05, 0) is 35.9 Å². The number of carbonyl (C=O) groups is 1. The molecular formula is C26H20N4O3S. The number of carbonyl (C=O) groups excluding carboxylic acids is 1. The van der Waals surface area contributed by atoms with Crippen molar-refractivity contribution in [2.45, 2.75) is 6.42 Å². The molecular weight excluding hydrogens is 448 g/mol. The predicted molar refractivity (Wildman–Crippen MR) is 133 cm³/mol. The van der Waals surface area contributed by atoms with Crippen LogP contribution in [-0.2, 0) is 6.42 Å². The average Bonchev–Trinajstić information content (AvgIpc) is 3.29. The van der Waals surface area contributed by atoms with E-state index in [1.54, 1.807) is 24.5 Å². The molecule has 3 heterocycles. The molecule has 0 aliphatic carbocycles. The molecule has 0 aliphatic rings. The molecule has 1 N–H and O–H groups in total. The monoisotopic (exact) mass is 468 g/mol. The van der Waals surface area contributed by atoms with Gasteiger partial charge in [-0.25, -0.2) is 4.98 Å². The van der Waals surface area contributed by atoms with Crippen molar-refractivity contribution in [1.82, 2.24) is 14.4 Å². The van der Waals surface area contributed by atoms with Crippen LogP contribution in [-0.4, -0.2) is 27.4 Å². The van der Waals surface area contributed by atoms with E-state index in [0.29, 0.717) is 22.8 Å². The van der Waals surface area contributed by atoms with Crippen LogP contribution in [0.4, 0.5) is 5.69 Å². The van der Waals surface area contributed by atoms with Crippen LogP contribution in [0, 0.1) is 0 Å². The molecule has 2 aromatic carbocycles. The molecule has 0 unspecified atom stereocenters. The van der Waals surface area contributed by atoms with Crippen molar-refractivity contribution in [2.24, 2.45) is 0 Å². The van der Waals surface area contributed by atoms with Crippen LogP contribution in [0.3, 0.4) is 0 Å². The van der Waals surface area contributed by atoms with Gasteiger partial charge in [-0.2, -0.15) is 0 Å². The number of aromatic nitrogens is 3. The number of nitrogens with one attached hydrogen (secondary N) is 1. The number of nitrogens with zero attached hydrogens (tertiary/aromatic N) is 3. The number of pyridine rings is 1. The Labute approximate surface area is 199 Å². The van der Waals surface area contributed by atoms with Gasteiger partial charge in [0.25, 0.3) is 11.5 Å². The number of ether oxygens (including phenoxy) is 1. The van der Waals surface area contributed by atoms with E-state index in [-0.39, 0.29) is 5.56 Å². The maximum absolute atomic E-state index is 13.1. The minimum absolute atomic E-state index is 0.0492. The molecule has 3 aromatic heterocycles. The Morgan fingerprint density at radius 1 is 1.06 bits per heavy atom. The van der Waals surface area contributed by atoms with Crippen LogP contribution in [0.2, 0.25) is 0 Å². The van der Waals surface area contributed by atoms with E-state index < -0.39 is 11.5 Å². The maximum atomic E-state index is 13.1. The standard InChI is InChI=1S/C26H20N4O3S/c1-33-23-11-10-18(21-9-5-6-12-27-21)14-22(23)29-24(31)20-15-28-26-30(25(20)32)16-19(34-26)13-17-7-3-2-4-8-17/h2-12,14-16H,13H2,1H3,(H,29,31). The van der Waals surface area contributed by atoms with Gasteiger partial charge in [0.15, 0.2) is 4.96 Å². The van der Waals surface area contributed by atoms with E-state index in [1.165, 1.54) is 29.0 Å². The van der Waals surface area contributed by atoms with E-state index in [0.717, 1.165) is 21.7 Å². The molecule has 8 heteroatoms. The molecule has 5 rings (SSSR count). The zero-order chi connectivity index (χ0) is 23.5. The number of methoxy groups -OCH3 is 1. The average molecular weight is 469 g/mol. The second-order valence-electron chi connectivity index (χ2n) is 7.57. The molecule has 34 heavy (non-hydrogen) atoms. The number of hydrogen-bond acceptors (Lipinski definition) is 6. The predicted octanol–water partition coefficient (Wildman–Crippen LogP) is 4.67. The molecule has 0 saturated carbocycles. The lowest BCUT2D eigenvalue weighted by molar-refractivity contribution is 0.102. The highest BCUT2D eigenvalue weighted by Crippen LogP contribution is 2.30. The highest BCUT2D eigenvalue weighted by Gasteiger charge is 2.17. The van der Waals surface area contributed by atoms with E-state index in [4.69, 9.17) is 4.74 Å². The van der Waals surface area contributed by atoms with Crippen LogP contribution in [0.15, 0.2) is 90.1 Å². The normalized spacial score (nSPS) is 10.9. The lowest BCUT2D eigenvalue weighted by Crippen LogP contribution is -2.26. The third-order valence-electron chi connectivity index (χ3n) is 5.33. The van der Waals surface area contributed by atoms with Crippen molar-refractivity contribution in [3.8, 4) is 17.0 Å². The Morgan fingerprint density at radius 2 is 1.88 bits per heavy atom. The molecule has 0 atom stereocenters. The minimum atomic E-state index is -0.556. The lowest BCUT2D eigenvalue weighted by Gasteiger charge is -2.12. The summed E-state index contributed by atoms with van der Waals surface area (Å²) in [7, 11) is 1.52. The third kappa shape index (κ3) is 4.31. The van der Waals surface area contributed by atoms with Gasteiger partial charge in [0.1, 0.15) is 11.3 Å². The fourth-order valence-corrected chi connectivity index (χ4v) is 4.62. The first kappa shape index (κ1) is 21.5. The molecule has 0 spiro atoms. The number of thiazole rings is 1. The van der Waals surface area contributed by atoms with Crippen LogP contribution in [0.25, 0.3) is 16.2 Å². The lowest BCUT2D eigenvalue weighted by atomic mass is 10.1. The highest BCUT2D eigenvalue weighted by molar-refractivity contribution is 7.17. The zero-order valence-electron chi connectivity index (χ0n) is 18.3. The molecule has 0 radical (unpaired) electrons. The Morgan fingerprint density at radius 3 is 2.65 bits per heavy atom. The summed E-state index contributed by atoms with van der Waals surface area (Å²) in [6.45, 7) is 0. The van der Waals surface area contributed by atoms with Crippen LogP contribution in [0.1, 0.15) is 20.8 Å². The number of benzene rings is 2. The maximum Gasteiger partial charge on any atom is 0.271 e. The van der Waals surface area contributed by atoms with Crippen molar-refractivity contribution in [1.29, 1.82) is 0 Å². The van der Waals surface area contributed by atoms with Crippen molar-refractivity contribution >= 4 is 27.9 Å². The summed E-state index contributed by atoms with van der Waals surface area (Å²) in [4.78, 5) is 36.4. The van der Waals surface area contributed by atoms with Crippen LogP contribution < -0.4 is 15.6 Å². The van der Waals surface area contributed by atoms with Gasteiger partial charge in [-0.1, -0.05) is 36.4 Å². The van der Waals surface area contributed by atoms with E-state index >= 15 is 0 Å². The van der Waals surface area contributed by atoms with E-state index in [2.05, 4.69) is 15.3 Å². The number of hydrogen-bond donors (Lipinski definition) is 1. The summed E-state index contributed by atoms with van der Waals surface area (Å²) >= 11 is 1.43. The van der Waals surface area contributed by atoms with Gasteiger partial charge in [0.2, 0.25) is 0 Å². The summed E-state index contributed by atoms with van der Waals surface area (Å²) in [5.41, 5.74) is 2.68. The fraction of sp³-hybridized carbons (Fsp3) is 0.0769. The Balaban J connectivity index is 1.44. The quantitative estimate of drug-likeness (QED) is 0.391. The summed E-state index contributed by atoms with van der Waals surface area (Å²) in [6.07, 6.45) is 5.46. The molecule has 168 valence electrons. The summed E-state index contributed by atoms with van der Waals surface area (Å²) in [6, 6.07) is 21.0. The zero-order valence-corrected chi connectivity index (χ0v) is 19.1. The van der Waals surface area contributed by atoms with Crippen molar-refractivity contribution in [3.05, 3.63) is 112 Å². The Bertz CT molecular complexity index is 1530. The van der Waals surface area contributed by atoms with Gasteiger partial charge in [-0.3, -0.25) is 19.0 Å². The SMILES string of the molecule is COc1ccc(-c2ccccn2)cc1NC(=O)c1cnc2sc(Cc3ccccc3)cn2c1=O. The topological polar surface area (TPSA) is 85.6 Å². The second-order valence-corrected chi connectivity index (χ2v) is 8.67. The molecule has 0 bridgehead atoms. The molecule has 5 aromatic rings. The number of rotatable bonds is 6. The molecule has 0 saturated heterocycles. The van der Waals surface area contributed by atoms with E-state index in [1.807, 2.05) is 54.6 Å². The third-order valence-corrected chi connectivity index (χ3v) is 6.33. The van der Waals surface area contributed by atoms with Gasteiger partial charge >= 0.3 is 0 Å². The minimum Gasteiger partial charge on any atom is -0.495 e. The van der Waals surface area contributed by atoms with E-state index in [9.17, 15) is 9.59 Å². The smallest absolute Gasteiger partial charge is 0.271 e. The van der Waals surface area contributed by atoms with Gasteiger partial charge in [0.05, 0.1) is 18.5 Å². The largest absolute Gasteiger partial charge is 0.495 e. The first-order valence-electron chi connectivity index (χ1n) is 10.6. The van der Waals surface area contributed by atoms with Crippen LogP contribution >= 0.6 is 11.3 Å². The summed E-state index contributed by atoms with van der Waals surface area (Å²) in [5, 5.41) is 2.80. The number of anilines is 1. The van der Waals surface area contributed by atoms with Crippen molar-refractivity contribution < 1.29 is 9.53 Å². The van der Waals surface area contributed by atoms with Gasteiger partial charge < -0.3 is 10.1 Å². The molecule has 7 nitrogen and oxygen atoms in total. The Hall–Kier alpha value is -4.30. The van der Waals surface area contributed by atoms with Crippen molar-refractivity contribution in [3.63, 3.8) is 0 Å².